The number of benzene rings is 2. The number of nitrogens with one attached hydrogen (secondary N) is 2. The summed E-state index contributed by atoms with van der Waals surface area (Å²) in [5.74, 6) is 0.457. The molecule has 4 aromatic rings. The molecule has 10 heteroatoms. The van der Waals surface area contributed by atoms with Crippen LogP contribution in [0.1, 0.15) is 54.3 Å². The fourth-order valence-electron chi connectivity index (χ4n) is 3.93. The second-order valence-electron chi connectivity index (χ2n) is 9.71. The van der Waals surface area contributed by atoms with Gasteiger partial charge in [0.1, 0.15) is 23.2 Å². The third kappa shape index (κ3) is 7.60. The van der Waals surface area contributed by atoms with Gasteiger partial charge in [0.15, 0.2) is 0 Å². The lowest BCUT2D eigenvalue weighted by atomic mass is 10.0. The number of ether oxygens (including phenoxy) is 1. The van der Waals surface area contributed by atoms with Crippen LogP contribution in [0.25, 0.3) is 11.1 Å². The first-order valence-corrected chi connectivity index (χ1v) is 12.5. The van der Waals surface area contributed by atoms with Gasteiger partial charge in [0.05, 0.1) is 12.2 Å². The van der Waals surface area contributed by atoms with Crippen molar-refractivity contribution in [1.82, 2.24) is 20.2 Å². The second kappa shape index (κ2) is 11.7. The minimum absolute atomic E-state index is 0.0557. The van der Waals surface area contributed by atoms with E-state index in [0.29, 0.717) is 48.3 Å². The van der Waals surface area contributed by atoms with E-state index in [0.717, 1.165) is 22.3 Å². The van der Waals surface area contributed by atoms with Crippen LogP contribution in [0.15, 0.2) is 54.7 Å². The zero-order valence-corrected chi connectivity index (χ0v) is 22.1. The van der Waals surface area contributed by atoms with Gasteiger partial charge >= 0.3 is 0 Å². The number of H-pyrrole nitrogens is 1. The number of carbonyl (C=O) groups excluding carboxylic acids is 1. The van der Waals surface area contributed by atoms with Crippen LogP contribution < -0.4 is 10.1 Å². The predicted molar refractivity (Wildman–Crippen MR) is 144 cm³/mol. The SMILES string of the molecule is Cc1cc(F)cc(Cc2nc(C(=O)Nc3cc(-c4cc(OCCCC(C)(C)O)ccc4Cl)ccn3)n[nH]2)c1. The monoisotopic (exact) mass is 537 g/mol. The van der Waals surface area contributed by atoms with Gasteiger partial charge in [-0.05, 0) is 92.8 Å². The van der Waals surface area contributed by atoms with E-state index in [-0.39, 0.29) is 11.6 Å². The van der Waals surface area contributed by atoms with Crippen LogP contribution in [0.4, 0.5) is 10.2 Å². The fraction of sp³-hybridized carbons (Fsp3) is 0.286. The summed E-state index contributed by atoms with van der Waals surface area (Å²) in [5, 5.41) is 19.8. The number of hydrogen-bond acceptors (Lipinski definition) is 6. The molecule has 3 N–H and O–H groups in total. The van der Waals surface area contributed by atoms with E-state index in [1.54, 1.807) is 44.3 Å². The Morgan fingerprint density at radius 1 is 1.18 bits per heavy atom. The van der Waals surface area contributed by atoms with Crippen LogP contribution in [0.3, 0.4) is 0 Å². The molecule has 0 bridgehead atoms. The molecule has 2 aromatic heterocycles. The van der Waals surface area contributed by atoms with E-state index >= 15 is 0 Å². The fourth-order valence-corrected chi connectivity index (χ4v) is 4.16. The normalized spacial score (nSPS) is 11.4. The highest BCUT2D eigenvalue weighted by Crippen LogP contribution is 2.32. The number of aryl methyl sites for hydroxylation is 1. The molecule has 1 amide bonds. The maximum Gasteiger partial charge on any atom is 0.296 e. The van der Waals surface area contributed by atoms with Gasteiger partial charge < -0.3 is 15.2 Å². The number of aromatic amines is 1. The maximum atomic E-state index is 13.7. The number of amides is 1. The lowest BCUT2D eigenvalue weighted by Gasteiger charge is -2.17. The van der Waals surface area contributed by atoms with Gasteiger partial charge in [-0.1, -0.05) is 17.7 Å². The van der Waals surface area contributed by atoms with Crippen LogP contribution in [0.2, 0.25) is 5.02 Å². The summed E-state index contributed by atoms with van der Waals surface area (Å²) in [6.45, 7) is 5.80. The van der Waals surface area contributed by atoms with E-state index in [9.17, 15) is 14.3 Å². The molecule has 8 nitrogen and oxygen atoms in total. The summed E-state index contributed by atoms with van der Waals surface area (Å²) < 4.78 is 19.5. The summed E-state index contributed by atoms with van der Waals surface area (Å²) in [6, 6.07) is 13.5. The molecule has 0 fully saturated rings. The van der Waals surface area contributed by atoms with Crippen molar-refractivity contribution in [3.8, 4) is 16.9 Å². The average molecular weight is 538 g/mol. The van der Waals surface area contributed by atoms with E-state index in [1.807, 2.05) is 19.1 Å². The van der Waals surface area contributed by atoms with Crippen LogP contribution >= 0.6 is 11.6 Å². The number of carbonyl (C=O) groups is 1. The smallest absolute Gasteiger partial charge is 0.296 e. The van der Waals surface area contributed by atoms with Gasteiger partial charge in [-0.25, -0.2) is 14.4 Å². The molecule has 0 aliphatic carbocycles. The largest absolute Gasteiger partial charge is 0.494 e. The molecular weight excluding hydrogens is 509 g/mol. The number of aromatic nitrogens is 4. The molecule has 0 radical (unpaired) electrons. The van der Waals surface area contributed by atoms with Crippen molar-refractivity contribution >= 4 is 23.3 Å². The molecule has 0 saturated carbocycles. The summed E-state index contributed by atoms with van der Waals surface area (Å²) in [4.78, 5) is 21.2. The van der Waals surface area contributed by atoms with Crippen molar-refractivity contribution in [3.63, 3.8) is 0 Å². The number of pyridine rings is 1. The summed E-state index contributed by atoms with van der Waals surface area (Å²) in [5.41, 5.74) is 2.24. The van der Waals surface area contributed by atoms with Gasteiger partial charge in [0.25, 0.3) is 5.91 Å². The third-order valence-electron chi connectivity index (χ3n) is 5.66. The summed E-state index contributed by atoms with van der Waals surface area (Å²) in [7, 11) is 0. The Bertz CT molecular complexity index is 1410. The van der Waals surface area contributed by atoms with Crippen molar-refractivity contribution < 1.29 is 19.0 Å². The predicted octanol–water partition coefficient (Wildman–Crippen LogP) is 5.74. The number of rotatable bonds is 10. The first-order chi connectivity index (χ1) is 18.1. The number of aliphatic hydroxyl groups is 1. The van der Waals surface area contributed by atoms with Crippen molar-refractivity contribution in [3.05, 3.63) is 88.3 Å². The molecule has 0 unspecified atom stereocenters. The second-order valence-corrected chi connectivity index (χ2v) is 10.1. The van der Waals surface area contributed by atoms with E-state index in [4.69, 9.17) is 16.3 Å². The molecule has 2 aromatic carbocycles. The quantitative estimate of drug-likeness (QED) is 0.222. The van der Waals surface area contributed by atoms with Crippen LogP contribution in [0, 0.1) is 12.7 Å². The van der Waals surface area contributed by atoms with Crippen LogP contribution in [0.5, 0.6) is 5.75 Å². The number of nitrogens with zero attached hydrogens (tertiary/aromatic N) is 3. The topological polar surface area (TPSA) is 113 Å². The molecule has 4 rings (SSSR count). The van der Waals surface area contributed by atoms with Gasteiger partial charge in [-0.2, -0.15) is 0 Å². The third-order valence-corrected chi connectivity index (χ3v) is 5.99. The highest BCUT2D eigenvalue weighted by molar-refractivity contribution is 6.33. The van der Waals surface area contributed by atoms with Gasteiger partial charge in [0.2, 0.25) is 5.82 Å². The zero-order valence-electron chi connectivity index (χ0n) is 21.4. The van der Waals surface area contributed by atoms with Crippen molar-refractivity contribution in [1.29, 1.82) is 0 Å². The van der Waals surface area contributed by atoms with Gasteiger partial charge in [-0.3, -0.25) is 9.89 Å². The van der Waals surface area contributed by atoms with Crippen LogP contribution in [-0.4, -0.2) is 43.4 Å². The highest BCUT2D eigenvalue weighted by atomic mass is 35.5. The lowest BCUT2D eigenvalue weighted by molar-refractivity contribution is 0.0641. The van der Waals surface area contributed by atoms with Crippen LogP contribution in [-0.2, 0) is 6.42 Å². The molecule has 2 heterocycles. The first-order valence-electron chi connectivity index (χ1n) is 12.2. The Labute approximate surface area is 225 Å². The Morgan fingerprint density at radius 2 is 2.00 bits per heavy atom. The lowest BCUT2D eigenvalue weighted by Crippen LogP contribution is -2.19. The molecule has 0 aliphatic rings. The standard InChI is InChI=1S/C28H29ClFN5O3/c1-17-11-18(13-20(30)12-17)14-25-32-26(35-34-25)27(36)33-24-15-19(7-9-31-24)22-16-21(5-6-23(22)29)38-10-4-8-28(2,3)37/h5-7,9,11-13,15-16,37H,4,8,10,14H2,1-3H3,(H,31,33,36)(H,32,34,35). The van der Waals surface area contributed by atoms with E-state index in [2.05, 4.69) is 25.5 Å². The molecule has 0 aliphatic heterocycles. The highest BCUT2D eigenvalue weighted by Gasteiger charge is 2.16. The zero-order chi connectivity index (χ0) is 27.3. The number of halogens is 2. The van der Waals surface area contributed by atoms with Crippen molar-refractivity contribution in [2.24, 2.45) is 0 Å². The molecule has 38 heavy (non-hydrogen) atoms. The van der Waals surface area contributed by atoms with Crippen molar-refractivity contribution in [2.75, 3.05) is 11.9 Å². The molecule has 0 spiro atoms. The molecule has 0 saturated heterocycles. The van der Waals surface area contributed by atoms with Gasteiger partial charge in [0, 0.05) is 23.2 Å². The summed E-state index contributed by atoms with van der Waals surface area (Å²) in [6.07, 6.45) is 3.20. The van der Waals surface area contributed by atoms with Crippen molar-refractivity contribution in [2.45, 2.75) is 45.6 Å². The summed E-state index contributed by atoms with van der Waals surface area (Å²) >= 11 is 6.45. The maximum absolute atomic E-state index is 13.7. The van der Waals surface area contributed by atoms with E-state index < -0.39 is 11.5 Å². The first kappa shape index (κ1) is 27.2. The molecule has 0 atom stereocenters. The Balaban J connectivity index is 1.42. The Kier molecular flexibility index (Phi) is 8.38. The van der Waals surface area contributed by atoms with Gasteiger partial charge in [-0.15, -0.1) is 5.10 Å². The molecular formula is C28H29ClFN5O3. The Hall–Kier alpha value is -3.82. The van der Waals surface area contributed by atoms with E-state index in [1.165, 1.54) is 12.1 Å². The minimum atomic E-state index is -0.736. The minimum Gasteiger partial charge on any atom is -0.494 e. The Morgan fingerprint density at radius 3 is 2.76 bits per heavy atom. The molecule has 198 valence electrons. The average Bonchev–Trinajstić information content (AvgIpc) is 3.30. The number of hydrogen-bond donors (Lipinski definition) is 3. The number of anilines is 1.